The van der Waals surface area contributed by atoms with Crippen molar-refractivity contribution in [2.75, 3.05) is 0 Å². The number of carbonyl (C=O) groups is 1. The molecule has 2 heterocycles. The molecule has 0 saturated heterocycles. The predicted molar refractivity (Wildman–Crippen MR) is 83.3 cm³/mol. The van der Waals surface area contributed by atoms with Crippen LogP contribution in [0.5, 0.6) is 0 Å². The van der Waals surface area contributed by atoms with Crippen LogP contribution in [0.2, 0.25) is 0 Å². The molecule has 114 valence electrons. The van der Waals surface area contributed by atoms with Gasteiger partial charge in [0.05, 0.1) is 12.1 Å². The van der Waals surface area contributed by atoms with Crippen LogP contribution in [-0.4, -0.2) is 26.7 Å². The average molecular weight is 308 g/mol. The number of aromatic amines is 1. The van der Waals surface area contributed by atoms with Gasteiger partial charge in [0.1, 0.15) is 0 Å². The molecule has 0 atom stereocenters. The molecule has 0 aliphatic heterocycles. The number of nitrogens with one attached hydrogen (secondary N) is 2. The summed E-state index contributed by atoms with van der Waals surface area (Å²) < 4.78 is 1.41. The van der Waals surface area contributed by atoms with Gasteiger partial charge < -0.3 is 5.32 Å². The fourth-order valence-corrected chi connectivity index (χ4v) is 2.88. The Hall–Kier alpha value is -1.89. The molecule has 7 heteroatoms. The van der Waals surface area contributed by atoms with E-state index in [9.17, 15) is 9.59 Å². The van der Waals surface area contributed by atoms with Crippen LogP contribution in [0.3, 0.4) is 0 Å². The minimum Gasteiger partial charge on any atom is -0.354 e. The van der Waals surface area contributed by atoms with Gasteiger partial charge in [-0.3, -0.25) is 14.7 Å². The summed E-state index contributed by atoms with van der Waals surface area (Å²) in [6.07, 6.45) is 0.0791. The summed E-state index contributed by atoms with van der Waals surface area (Å²) in [5, 5.41) is 6.40. The van der Waals surface area contributed by atoms with E-state index in [1.54, 1.807) is 6.92 Å². The van der Waals surface area contributed by atoms with Crippen molar-refractivity contribution in [3.63, 3.8) is 0 Å². The van der Waals surface area contributed by atoms with Gasteiger partial charge in [0.25, 0.3) is 5.56 Å². The lowest BCUT2D eigenvalue weighted by Gasteiger charge is -2.06. The molecule has 2 aromatic rings. The van der Waals surface area contributed by atoms with Crippen LogP contribution in [0.15, 0.2) is 4.79 Å². The van der Waals surface area contributed by atoms with E-state index in [1.165, 1.54) is 16.0 Å². The first-order valence-electron chi connectivity index (χ1n) is 6.84. The molecule has 1 amide bonds. The second-order valence-corrected chi connectivity index (χ2v) is 6.57. The van der Waals surface area contributed by atoms with E-state index in [2.05, 4.69) is 15.4 Å². The van der Waals surface area contributed by atoms with Crippen LogP contribution < -0.4 is 10.9 Å². The zero-order valence-corrected chi connectivity index (χ0v) is 13.7. The van der Waals surface area contributed by atoms with E-state index in [4.69, 9.17) is 0 Å². The lowest BCUT2D eigenvalue weighted by atomic mass is 10.2. The Labute approximate surface area is 127 Å². The Morgan fingerprint density at radius 1 is 1.38 bits per heavy atom. The van der Waals surface area contributed by atoms with Gasteiger partial charge in [-0.1, -0.05) is 11.3 Å². The molecule has 0 saturated carbocycles. The molecule has 6 nitrogen and oxygen atoms in total. The van der Waals surface area contributed by atoms with Gasteiger partial charge in [0, 0.05) is 22.2 Å². The largest absolute Gasteiger partial charge is 0.354 e. The number of aromatic nitrogens is 3. The number of thiazole rings is 1. The summed E-state index contributed by atoms with van der Waals surface area (Å²) in [5.41, 5.74) is 1.89. The van der Waals surface area contributed by atoms with E-state index in [0.29, 0.717) is 16.4 Å². The zero-order chi connectivity index (χ0) is 15.7. The molecule has 2 rings (SSSR count). The van der Waals surface area contributed by atoms with Crippen molar-refractivity contribution in [2.45, 2.75) is 47.1 Å². The molecule has 0 unspecified atom stereocenters. The summed E-state index contributed by atoms with van der Waals surface area (Å²) in [4.78, 5) is 29.7. The molecule has 0 bridgehead atoms. The number of hydrogen-bond acceptors (Lipinski definition) is 4. The van der Waals surface area contributed by atoms with Crippen LogP contribution in [-0.2, 0) is 11.2 Å². The number of aryl methyl sites for hydroxylation is 3. The number of hydrogen-bond donors (Lipinski definition) is 2. The molecule has 0 fully saturated rings. The van der Waals surface area contributed by atoms with Crippen molar-refractivity contribution < 1.29 is 4.79 Å². The Kier molecular flexibility index (Phi) is 4.32. The monoisotopic (exact) mass is 308 g/mol. The number of carbonyl (C=O) groups excluding carboxylic acids is 1. The van der Waals surface area contributed by atoms with Crippen molar-refractivity contribution in [3.05, 3.63) is 32.2 Å². The van der Waals surface area contributed by atoms with Gasteiger partial charge in [-0.15, -0.1) is 0 Å². The standard InChI is InChI=1S/C14H20N4O2S/c1-7(2)15-12(19)6-11-9(4)17-18(13(11)20)14-16-8(3)10(5)21-14/h7,17H,6H2,1-5H3,(H,15,19). The topological polar surface area (TPSA) is 79.8 Å². The smallest absolute Gasteiger partial charge is 0.277 e. The van der Waals surface area contributed by atoms with Gasteiger partial charge in [0.2, 0.25) is 11.0 Å². The van der Waals surface area contributed by atoms with Crippen LogP contribution in [0.25, 0.3) is 5.13 Å². The first kappa shape index (κ1) is 15.5. The van der Waals surface area contributed by atoms with E-state index in [1.807, 2.05) is 27.7 Å². The number of nitrogens with zero attached hydrogens (tertiary/aromatic N) is 2. The van der Waals surface area contributed by atoms with E-state index >= 15 is 0 Å². The molecule has 0 radical (unpaired) electrons. The van der Waals surface area contributed by atoms with Crippen molar-refractivity contribution in [3.8, 4) is 5.13 Å². The summed E-state index contributed by atoms with van der Waals surface area (Å²) in [6, 6.07) is 0.0586. The second kappa shape index (κ2) is 5.85. The summed E-state index contributed by atoms with van der Waals surface area (Å²) >= 11 is 1.45. The summed E-state index contributed by atoms with van der Waals surface area (Å²) in [6.45, 7) is 9.45. The minimum absolute atomic E-state index is 0.0586. The van der Waals surface area contributed by atoms with Crippen molar-refractivity contribution >= 4 is 17.2 Å². The van der Waals surface area contributed by atoms with Crippen LogP contribution in [0.1, 0.15) is 35.7 Å². The molecule has 2 N–H and O–H groups in total. The zero-order valence-electron chi connectivity index (χ0n) is 12.9. The summed E-state index contributed by atoms with van der Waals surface area (Å²) in [5.74, 6) is -0.150. The first-order chi connectivity index (χ1) is 9.79. The molecule has 0 aliphatic carbocycles. The van der Waals surface area contributed by atoms with Gasteiger partial charge in [-0.25, -0.2) is 4.98 Å². The minimum atomic E-state index is -0.208. The van der Waals surface area contributed by atoms with E-state index < -0.39 is 0 Å². The first-order valence-corrected chi connectivity index (χ1v) is 7.65. The van der Waals surface area contributed by atoms with Crippen molar-refractivity contribution in [1.29, 1.82) is 0 Å². The highest BCUT2D eigenvalue weighted by Gasteiger charge is 2.18. The average Bonchev–Trinajstić information content (AvgIpc) is 2.83. The van der Waals surface area contributed by atoms with Crippen LogP contribution in [0.4, 0.5) is 0 Å². The lowest BCUT2D eigenvalue weighted by molar-refractivity contribution is -0.120. The third-order valence-corrected chi connectivity index (χ3v) is 4.25. The Bertz CT molecular complexity index is 704. The Balaban J connectivity index is 2.34. The molecule has 0 aromatic carbocycles. The Morgan fingerprint density at radius 3 is 2.57 bits per heavy atom. The van der Waals surface area contributed by atoms with Gasteiger partial charge in [-0.05, 0) is 34.6 Å². The molecule has 0 spiro atoms. The van der Waals surface area contributed by atoms with Crippen LogP contribution >= 0.6 is 11.3 Å². The second-order valence-electron chi connectivity index (χ2n) is 5.39. The fraction of sp³-hybridized carbons (Fsp3) is 0.500. The van der Waals surface area contributed by atoms with E-state index in [-0.39, 0.29) is 23.9 Å². The number of H-pyrrole nitrogens is 1. The molecule has 0 aliphatic rings. The van der Waals surface area contributed by atoms with Gasteiger partial charge >= 0.3 is 0 Å². The third-order valence-electron chi connectivity index (χ3n) is 3.19. The maximum atomic E-state index is 12.5. The highest BCUT2D eigenvalue weighted by Crippen LogP contribution is 2.19. The maximum Gasteiger partial charge on any atom is 0.277 e. The lowest BCUT2D eigenvalue weighted by Crippen LogP contribution is -2.33. The molecule has 21 heavy (non-hydrogen) atoms. The van der Waals surface area contributed by atoms with Gasteiger partial charge in [-0.2, -0.15) is 4.68 Å². The normalized spacial score (nSPS) is 11.1. The number of amides is 1. The van der Waals surface area contributed by atoms with Crippen molar-refractivity contribution in [1.82, 2.24) is 20.1 Å². The van der Waals surface area contributed by atoms with E-state index in [0.717, 1.165) is 10.6 Å². The van der Waals surface area contributed by atoms with Gasteiger partial charge in [0.15, 0.2) is 0 Å². The third kappa shape index (κ3) is 3.24. The molecule has 2 aromatic heterocycles. The Morgan fingerprint density at radius 2 is 2.05 bits per heavy atom. The van der Waals surface area contributed by atoms with Crippen LogP contribution in [0, 0.1) is 20.8 Å². The number of rotatable bonds is 4. The predicted octanol–water partition coefficient (Wildman–Crippen LogP) is 1.61. The SMILES string of the molecule is Cc1nc(-n2[nH]c(C)c(CC(=O)NC(C)C)c2=O)sc1C. The highest BCUT2D eigenvalue weighted by atomic mass is 32.1. The quantitative estimate of drug-likeness (QED) is 0.900. The maximum absolute atomic E-state index is 12.5. The highest BCUT2D eigenvalue weighted by molar-refractivity contribution is 7.14. The fourth-order valence-electron chi connectivity index (χ4n) is 2.01. The molecular formula is C14H20N4O2S. The van der Waals surface area contributed by atoms with Crippen molar-refractivity contribution in [2.24, 2.45) is 0 Å². The summed E-state index contributed by atoms with van der Waals surface area (Å²) in [7, 11) is 0. The molecular weight excluding hydrogens is 288 g/mol.